The van der Waals surface area contributed by atoms with E-state index in [1.54, 1.807) is 0 Å². The Kier molecular flexibility index (Phi) is 6.37. The van der Waals surface area contributed by atoms with Gasteiger partial charge in [0.25, 0.3) is 0 Å². The minimum atomic E-state index is -4.00. The van der Waals surface area contributed by atoms with E-state index in [9.17, 15) is 13.0 Å². The van der Waals surface area contributed by atoms with Gasteiger partial charge in [0.15, 0.2) is 0 Å². The Balaban J connectivity index is 0. The van der Waals surface area contributed by atoms with E-state index >= 15 is 0 Å². The SMILES string of the molecule is O=S(=O)([O-])CBr.[Ag+]. The van der Waals surface area contributed by atoms with Crippen LogP contribution in [0.15, 0.2) is 0 Å². The first kappa shape index (κ1) is 11.0. The molecule has 0 aromatic heterocycles. The van der Waals surface area contributed by atoms with Crippen molar-refractivity contribution >= 4 is 26.0 Å². The van der Waals surface area contributed by atoms with Gasteiger partial charge in [0.1, 0.15) is 10.1 Å². The molecular weight excluding hydrogens is 280 g/mol. The Morgan fingerprint density at radius 3 is 1.71 bits per heavy atom. The van der Waals surface area contributed by atoms with Crippen LogP contribution in [-0.4, -0.2) is 17.6 Å². The molecule has 0 bridgehead atoms. The van der Waals surface area contributed by atoms with Gasteiger partial charge in [0, 0.05) is 0 Å². The van der Waals surface area contributed by atoms with Crippen molar-refractivity contribution in [1.82, 2.24) is 0 Å². The quantitative estimate of drug-likeness (QED) is 0.383. The van der Waals surface area contributed by atoms with E-state index in [4.69, 9.17) is 0 Å². The van der Waals surface area contributed by atoms with E-state index in [1.807, 2.05) is 0 Å². The standard InChI is InChI=1S/CH3BrO3S.Ag/c2-1-6(3,4)5;/h1H2,(H,3,4,5);/q;+1/p-1. The van der Waals surface area contributed by atoms with Crippen LogP contribution in [0.2, 0.25) is 0 Å². The third kappa shape index (κ3) is 11.0. The van der Waals surface area contributed by atoms with Crippen LogP contribution < -0.4 is 0 Å². The van der Waals surface area contributed by atoms with E-state index in [1.165, 1.54) is 0 Å². The van der Waals surface area contributed by atoms with Gasteiger partial charge in [0.05, 0.1) is 4.66 Å². The van der Waals surface area contributed by atoms with Gasteiger partial charge in [0.2, 0.25) is 0 Å². The van der Waals surface area contributed by atoms with Crippen LogP contribution in [0.4, 0.5) is 0 Å². The monoisotopic (exact) mass is 280 g/mol. The predicted octanol–water partition coefficient (Wildman–Crippen LogP) is -0.118. The average molecular weight is 282 g/mol. The molecule has 0 spiro atoms. The van der Waals surface area contributed by atoms with Gasteiger partial charge in [-0.25, -0.2) is 8.42 Å². The predicted molar refractivity (Wildman–Crippen MR) is 23.5 cm³/mol. The molecule has 0 saturated carbocycles. The van der Waals surface area contributed by atoms with E-state index in [2.05, 4.69) is 15.9 Å². The fourth-order valence-corrected chi connectivity index (χ4v) is 0. The largest absolute Gasteiger partial charge is 1.00 e. The fraction of sp³-hybridized carbons (Fsp3) is 1.00. The Bertz CT molecular complexity index is 117. The first-order chi connectivity index (χ1) is 2.56. The fourth-order valence-electron chi connectivity index (χ4n) is 0. The summed E-state index contributed by atoms with van der Waals surface area (Å²) in [5.41, 5.74) is 0. The molecule has 0 heterocycles. The molecular formula is CH2AgBrO3S. The Hall–Kier alpha value is 1.13. The summed E-state index contributed by atoms with van der Waals surface area (Å²) in [7, 11) is -4.00. The van der Waals surface area contributed by atoms with E-state index in [0.717, 1.165) is 0 Å². The summed E-state index contributed by atoms with van der Waals surface area (Å²) in [4.78, 5) is 0. The third-order valence-corrected chi connectivity index (χ3v) is 2.08. The second-order valence-corrected chi connectivity index (χ2v) is 3.37. The number of halogens is 1. The Morgan fingerprint density at radius 1 is 1.57 bits per heavy atom. The van der Waals surface area contributed by atoms with Gasteiger partial charge in [-0.2, -0.15) is 0 Å². The van der Waals surface area contributed by atoms with E-state index < -0.39 is 14.8 Å². The number of rotatable bonds is 1. The van der Waals surface area contributed by atoms with Gasteiger partial charge in [-0.3, -0.25) is 0 Å². The molecule has 0 aromatic rings. The molecule has 0 N–H and O–H groups in total. The summed E-state index contributed by atoms with van der Waals surface area (Å²) >= 11 is 2.47. The number of hydrogen-bond acceptors (Lipinski definition) is 3. The summed E-state index contributed by atoms with van der Waals surface area (Å²) in [6.45, 7) is 0. The maximum absolute atomic E-state index is 9.40. The number of alkyl halides is 1. The van der Waals surface area contributed by atoms with Gasteiger partial charge in [-0.05, 0) is 0 Å². The van der Waals surface area contributed by atoms with Crippen molar-refractivity contribution in [3.8, 4) is 0 Å². The van der Waals surface area contributed by atoms with Crippen LogP contribution in [0.5, 0.6) is 0 Å². The summed E-state index contributed by atoms with van der Waals surface area (Å²) in [5, 5.41) is 0. The number of hydrogen-bond donors (Lipinski definition) is 0. The maximum atomic E-state index is 9.40. The third-order valence-electron chi connectivity index (χ3n) is 0.134. The molecule has 6 heteroatoms. The van der Waals surface area contributed by atoms with Gasteiger partial charge < -0.3 is 4.55 Å². The first-order valence-corrected chi connectivity index (χ1v) is 3.75. The van der Waals surface area contributed by atoms with Crippen LogP contribution in [0, 0.1) is 0 Å². The zero-order chi connectivity index (χ0) is 5.21. The molecule has 0 amide bonds. The smallest absolute Gasteiger partial charge is 0.747 e. The van der Waals surface area contributed by atoms with E-state index in [0.29, 0.717) is 0 Å². The minimum absolute atomic E-state index is 0. The second kappa shape index (κ2) is 4.05. The molecule has 0 unspecified atom stereocenters. The summed E-state index contributed by atoms with van der Waals surface area (Å²) in [6, 6.07) is 0. The van der Waals surface area contributed by atoms with Crippen LogP contribution in [0.25, 0.3) is 0 Å². The van der Waals surface area contributed by atoms with Gasteiger partial charge in [-0.15, -0.1) is 0 Å². The topological polar surface area (TPSA) is 57.2 Å². The maximum Gasteiger partial charge on any atom is 1.00 e. The molecule has 48 valence electrons. The van der Waals surface area contributed by atoms with Crippen LogP contribution >= 0.6 is 15.9 Å². The molecule has 0 rings (SSSR count). The van der Waals surface area contributed by atoms with Crippen molar-refractivity contribution in [2.75, 3.05) is 4.66 Å². The molecule has 3 nitrogen and oxygen atoms in total. The molecule has 0 saturated heterocycles. The van der Waals surface area contributed by atoms with Crippen molar-refractivity contribution in [2.24, 2.45) is 0 Å². The van der Waals surface area contributed by atoms with Gasteiger partial charge >= 0.3 is 22.4 Å². The zero-order valence-electron chi connectivity index (χ0n) is 3.02. The Labute approximate surface area is 65.9 Å². The zero-order valence-corrected chi connectivity index (χ0v) is 6.90. The van der Waals surface area contributed by atoms with Crippen LogP contribution in [0.1, 0.15) is 0 Å². The van der Waals surface area contributed by atoms with Crippen molar-refractivity contribution < 1.29 is 35.4 Å². The summed E-state index contributed by atoms with van der Waals surface area (Å²) < 4.78 is 27.7. The van der Waals surface area contributed by atoms with Crippen LogP contribution in [-0.2, 0) is 32.5 Å². The molecule has 0 aliphatic carbocycles. The normalized spacial score (nSPS) is 10.0. The van der Waals surface area contributed by atoms with Gasteiger partial charge in [-0.1, -0.05) is 15.9 Å². The summed E-state index contributed by atoms with van der Waals surface area (Å²) in [6.07, 6.45) is 0. The molecule has 7 heavy (non-hydrogen) atoms. The molecule has 0 aliphatic rings. The molecule has 0 aliphatic heterocycles. The molecule has 0 fully saturated rings. The summed E-state index contributed by atoms with van der Waals surface area (Å²) in [5.74, 6) is 0. The Morgan fingerprint density at radius 2 is 1.71 bits per heavy atom. The second-order valence-electron chi connectivity index (χ2n) is 0.667. The van der Waals surface area contributed by atoms with E-state index in [-0.39, 0.29) is 22.4 Å². The first-order valence-electron chi connectivity index (χ1n) is 1.06. The molecule has 0 aromatic carbocycles. The van der Waals surface area contributed by atoms with Crippen molar-refractivity contribution in [2.45, 2.75) is 0 Å². The van der Waals surface area contributed by atoms with Crippen molar-refractivity contribution in [3.63, 3.8) is 0 Å². The van der Waals surface area contributed by atoms with Crippen molar-refractivity contribution in [1.29, 1.82) is 0 Å². The average Bonchev–Trinajstić information content (AvgIpc) is 1.35. The van der Waals surface area contributed by atoms with Crippen molar-refractivity contribution in [3.05, 3.63) is 0 Å². The minimum Gasteiger partial charge on any atom is -0.747 e. The molecule has 0 atom stereocenters. The molecule has 0 radical (unpaired) electrons. The van der Waals surface area contributed by atoms with Crippen LogP contribution in [0.3, 0.4) is 0 Å².